The number of ether oxygens (including phenoxy) is 1. The smallest absolute Gasteiger partial charge is 0.273 e. The maximum absolute atomic E-state index is 13.1. The fraction of sp³-hybridized carbons (Fsp3) is 0.385. The molecule has 0 spiro atoms. The Labute approximate surface area is 200 Å². The van der Waals surface area contributed by atoms with Crippen molar-refractivity contribution in [1.82, 2.24) is 25.6 Å². The van der Waals surface area contributed by atoms with Gasteiger partial charge in [-0.05, 0) is 36.1 Å². The van der Waals surface area contributed by atoms with Crippen LogP contribution in [0.15, 0.2) is 60.8 Å². The largest absolute Gasteiger partial charge is 0.493 e. The summed E-state index contributed by atoms with van der Waals surface area (Å²) in [6, 6.07) is 17.0. The summed E-state index contributed by atoms with van der Waals surface area (Å²) in [7, 11) is 1.54. The second-order valence-electron chi connectivity index (χ2n) is 8.49. The first-order chi connectivity index (χ1) is 16.4. The molecule has 0 aliphatic rings. The minimum absolute atomic E-state index is 0.0973. The minimum Gasteiger partial charge on any atom is -0.493 e. The molecule has 8 heteroatoms. The first kappa shape index (κ1) is 25.0. The van der Waals surface area contributed by atoms with Crippen LogP contribution in [0.25, 0.3) is 0 Å². The summed E-state index contributed by atoms with van der Waals surface area (Å²) in [5.74, 6) is 0.536. The molecule has 0 saturated carbocycles. The van der Waals surface area contributed by atoms with Gasteiger partial charge in [0.25, 0.3) is 5.91 Å². The molecule has 0 saturated heterocycles. The fourth-order valence-electron chi connectivity index (χ4n) is 3.38. The van der Waals surface area contributed by atoms with Crippen molar-refractivity contribution in [3.63, 3.8) is 0 Å². The topological polar surface area (TPSA) is 98.1 Å². The molecule has 2 N–H and O–H groups in total. The molecule has 180 valence electrons. The minimum atomic E-state index is -0.374. The average molecular weight is 464 g/mol. The van der Waals surface area contributed by atoms with Gasteiger partial charge in [-0.25, -0.2) is 4.68 Å². The van der Waals surface area contributed by atoms with Crippen LogP contribution in [0.1, 0.15) is 60.8 Å². The zero-order chi connectivity index (χ0) is 24.5. The first-order valence-electron chi connectivity index (χ1n) is 11.6. The number of aromatic nitrogens is 3. The third-order valence-corrected chi connectivity index (χ3v) is 5.89. The van der Waals surface area contributed by atoms with Crippen LogP contribution in [0, 0.1) is 5.92 Å². The molecule has 8 nitrogen and oxygen atoms in total. The predicted octanol–water partition coefficient (Wildman–Crippen LogP) is 3.72. The third kappa shape index (κ3) is 6.66. The quantitative estimate of drug-likeness (QED) is 0.452. The number of nitrogens with zero attached hydrogens (tertiary/aromatic N) is 3. The summed E-state index contributed by atoms with van der Waals surface area (Å²) in [6.07, 6.45) is 2.63. The molecule has 0 fully saturated rings. The van der Waals surface area contributed by atoms with Crippen molar-refractivity contribution >= 4 is 11.8 Å². The lowest BCUT2D eigenvalue weighted by atomic mass is 9.99. The highest BCUT2D eigenvalue weighted by atomic mass is 16.5. The van der Waals surface area contributed by atoms with E-state index in [0.29, 0.717) is 19.1 Å². The summed E-state index contributed by atoms with van der Waals surface area (Å²) >= 11 is 0. The van der Waals surface area contributed by atoms with E-state index in [1.54, 1.807) is 17.9 Å². The van der Waals surface area contributed by atoms with Crippen molar-refractivity contribution in [3.05, 3.63) is 77.6 Å². The number of hydrogen-bond donors (Lipinski definition) is 2. The Morgan fingerprint density at radius 1 is 1.03 bits per heavy atom. The molecule has 1 heterocycles. The Balaban J connectivity index is 1.79. The Morgan fingerprint density at radius 3 is 2.38 bits per heavy atom. The summed E-state index contributed by atoms with van der Waals surface area (Å²) in [6.45, 7) is 7.16. The van der Waals surface area contributed by atoms with Crippen LogP contribution in [0.2, 0.25) is 0 Å². The van der Waals surface area contributed by atoms with Crippen molar-refractivity contribution in [3.8, 4) is 5.75 Å². The van der Waals surface area contributed by atoms with Crippen LogP contribution in [-0.4, -0.2) is 40.5 Å². The van der Waals surface area contributed by atoms with Gasteiger partial charge < -0.3 is 15.4 Å². The zero-order valence-corrected chi connectivity index (χ0v) is 20.2. The van der Waals surface area contributed by atoms with Gasteiger partial charge in [0, 0.05) is 7.05 Å². The van der Waals surface area contributed by atoms with Crippen molar-refractivity contribution in [2.24, 2.45) is 5.92 Å². The summed E-state index contributed by atoms with van der Waals surface area (Å²) < 4.78 is 7.44. The Hall–Kier alpha value is -3.68. The number of hydrogen-bond acceptors (Lipinski definition) is 5. The lowest BCUT2D eigenvalue weighted by Crippen LogP contribution is -2.34. The average Bonchev–Trinajstić information content (AvgIpc) is 3.35. The molecular weight excluding hydrogens is 430 g/mol. The maximum Gasteiger partial charge on any atom is 0.273 e. The van der Waals surface area contributed by atoms with Crippen LogP contribution in [-0.2, 0) is 11.3 Å². The molecular formula is C26H33N5O3. The number of rotatable bonds is 11. The number of amides is 2. The van der Waals surface area contributed by atoms with Crippen LogP contribution in [0.5, 0.6) is 5.75 Å². The van der Waals surface area contributed by atoms with Crippen molar-refractivity contribution in [2.45, 2.75) is 45.7 Å². The molecule has 3 aromatic rings. The number of carbonyl (C=O) groups is 2. The van der Waals surface area contributed by atoms with Crippen LogP contribution < -0.4 is 15.4 Å². The molecule has 0 unspecified atom stereocenters. The second kappa shape index (κ2) is 12.0. The van der Waals surface area contributed by atoms with E-state index in [1.165, 1.54) is 0 Å². The fourth-order valence-corrected chi connectivity index (χ4v) is 3.38. The van der Waals surface area contributed by atoms with E-state index in [9.17, 15) is 9.59 Å². The first-order valence-corrected chi connectivity index (χ1v) is 11.6. The summed E-state index contributed by atoms with van der Waals surface area (Å²) in [5.41, 5.74) is 2.07. The van der Waals surface area contributed by atoms with Gasteiger partial charge in [0.2, 0.25) is 5.91 Å². The molecule has 0 aliphatic carbocycles. The van der Waals surface area contributed by atoms with E-state index in [2.05, 4.69) is 34.8 Å². The van der Waals surface area contributed by atoms with Gasteiger partial charge in [0.1, 0.15) is 5.75 Å². The standard InChI is InChI=1S/C26H33N5O3/c1-5-18(2)17-34-22-13-11-21(12-14-22)23(15-31-16-24(29-30-31)26(33)27-4)28-25(32)19(3)20-9-7-6-8-10-20/h6-14,16,18-19,23H,5,15,17H2,1-4H3,(H,27,33)(H,28,32)/t18-,19-,23-/m0/s1. The third-order valence-electron chi connectivity index (χ3n) is 5.89. The van der Waals surface area contributed by atoms with Gasteiger partial charge in [0.05, 0.1) is 31.3 Å². The monoisotopic (exact) mass is 463 g/mol. The predicted molar refractivity (Wildman–Crippen MR) is 131 cm³/mol. The molecule has 0 aliphatic heterocycles. The lowest BCUT2D eigenvalue weighted by Gasteiger charge is -2.22. The van der Waals surface area contributed by atoms with Gasteiger partial charge in [-0.3, -0.25) is 9.59 Å². The maximum atomic E-state index is 13.1. The Bertz CT molecular complexity index is 1070. The van der Waals surface area contributed by atoms with Gasteiger partial charge in [-0.15, -0.1) is 5.10 Å². The Kier molecular flexibility index (Phi) is 8.79. The van der Waals surface area contributed by atoms with E-state index in [0.717, 1.165) is 23.3 Å². The normalized spacial score (nSPS) is 13.5. The van der Waals surface area contributed by atoms with E-state index in [1.807, 2.05) is 61.5 Å². The van der Waals surface area contributed by atoms with E-state index in [-0.39, 0.29) is 29.5 Å². The molecule has 2 aromatic carbocycles. The SMILES string of the molecule is CC[C@H](C)COc1ccc([C@H](Cn2cc(C(=O)NC)nn2)NC(=O)[C@@H](C)c2ccccc2)cc1. The van der Waals surface area contributed by atoms with Gasteiger partial charge >= 0.3 is 0 Å². The van der Waals surface area contributed by atoms with Crippen LogP contribution >= 0.6 is 0 Å². The van der Waals surface area contributed by atoms with E-state index in [4.69, 9.17) is 4.74 Å². The highest BCUT2D eigenvalue weighted by molar-refractivity contribution is 5.91. The van der Waals surface area contributed by atoms with Gasteiger partial charge in [0.15, 0.2) is 5.69 Å². The molecule has 0 radical (unpaired) electrons. The number of nitrogens with one attached hydrogen (secondary N) is 2. The van der Waals surface area contributed by atoms with Crippen molar-refractivity contribution in [1.29, 1.82) is 0 Å². The molecule has 3 atom stereocenters. The highest BCUT2D eigenvalue weighted by Crippen LogP contribution is 2.22. The van der Waals surface area contributed by atoms with E-state index < -0.39 is 0 Å². The number of carbonyl (C=O) groups excluding carboxylic acids is 2. The molecule has 34 heavy (non-hydrogen) atoms. The molecule has 0 bridgehead atoms. The molecule has 1 aromatic heterocycles. The molecule has 3 rings (SSSR count). The number of benzene rings is 2. The van der Waals surface area contributed by atoms with Gasteiger partial charge in [-0.1, -0.05) is 67.9 Å². The Morgan fingerprint density at radius 2 is 1.74 bits per heavy atom. The second-order valence-corrected chi connectivity index (χ2v) is 8.49. The van der Waals surface area contributed by atoms with Crippen LogP contribution in [0.3, 0.4) is 0 Å². The lowest BCUT2D eigenvalue weighted by molar-refractivity contribution is -0.123. The van der Waals surface area contributed by atoms with Crippen molar-refractivity contribution in [2.75, 3.05) is 13.7 Å². The van der Waals surface area contributed by atoms with Gasteiger partial charge in [-0.2, -0.15) is 0 Å². The highest BCUT2D eigenvalue weighted by Gasteiger charge is 2.22. The summed E-state index contributed by atoms with van der Waals surface area (Å²) in [5, 5.41) is 13.7. The summed E-state index contributed by atoms with van der Waals surface area (Å²) in [4.78, 5) is 25.0. The van der Waals surface area contributed by atoms with Crippen LogP contribution in [0.4, 0.5) is 0 Å². The zero-order valence-electron chi connectivity index (χ0n) is 20.2. The van der Waals surface area contributed by atoms with Crippen molar-refractivity contribution < 1.29 is 14.3 Å². The molecule has 2 amide bonds. The van der Waals surface area contributed by atoms with E-state index >= 15 is 0 Å².